The SMILES string of the molecule is COC(=O)CCC(NC(=O)c1ccc([B]OC(C)(C)C(C)(C)O)cc1)C(=O)OC. The van der Waals surface area contributed by atoms with Gasteiger partial charge in [-0.2, -0.15) is 0 Å². The smallest absolute Gasteiger partial charge is 0.330 e. The first-order valence-corrected chi connectivity index (χ1v) is 9.20. The van der Waals surface area contributed by atoms with Crippen molar-refractivity contribution < 1.29 is 33.6 Å². The Kier molecular flexibility index (Phi) is 8.85. The molecular weight excluding hydrogens is 377 g/mol. The Morgan fingerprint density at radius 2 is 1.66 bits per heavy atom. The van der Waals surface area contributed by atoms with Crippen LogP contribution in [0.1, 0.15) is 50.9 Å². The number of esters is 2. The average Bonchev–Trinajstić information content (AvgIpc) is 2.67. The van der Waals surface area contributed by atoms with Crippen molar-refractivity contribution in [1.29, 1.82) is 0 Å². The van der Waals surface area contributed by atoms with Crippen molar-refractivity contribution in [3.63, 3.8) is 0 Å². The Balaban J connectivity index is 2.74. The minimum Gasteiger partial charge on any atom is -0.469 e. The lowest BCUT2D eigenvalue weighted by Gasteiger charge is -2.37. The van der Waals surface area contributed by atoms with Crippen LogP contribution in [0.2, 0.25) is 0 Å². The fraction of sp³-hybridized carbons (Fsp3) is 0.550. The quantitative estimate of drug-likeness (QED) is 0.435. The van der Waals surface area contributed by atoms with Crippen LogP contribution >= 0.6 is 0 Å². The van der Waals surface area contributed by atoms with Crippen molar-refractivity contribution in [3.8, 4) is 0 Å². The Labute approximate surface area is 172 Å². The molecule has 1 aromatic rings. The van der Waals surface area contributed by atoms with Crippen LogP contribution in [0.4, 0.5) is 0 Å². The molecule has 1 atom stereocenters. The predicted molar refractivity (Wildman–Crippen MR) is 108 cm³/mol. The summed E-state index contributed by atoms with van der Waals surface area (Å²) in [4.78, 5) is 35.6. The fourth-order valence-electron chi connectivity index (χ4n) is 2.07. The number of hydrogen-bond donors (Lipinski definition) is 2. The van der Waals surface area contributed by atoms with Crippen molar-refractivity contribution >= 4 is 30.8 Å². The summed E-state index contributed by atoms with van der Waals surface area (Å²) in [6.07, 6.45) is 0.0373. The van der Waals surface area contributed by atoms with E-state index in [0.29, 0.717) is 11.0 Å². The molecule has 0 fully saturated rings. The maximum absolute atomic E-state index is 12.4. The van der Waals surface area contributed by atoms with Crippen LogP contribution < -0.4 is 10.8 Å². The van der Waals surface area contributed by atoms with Gasteiger partial charge in [0.15, 0.2) is 0 Å². The second-order valence-electron chi connectivity index (χ2n) is 7.59. The van der Waals surface area contributed by atoms with Gasteiger partial charge in [0.2, 0.25) is 0 Å². The van der Waals surface area contributed by atoms with Gasteiger partial charge in [-0.15, -0.1) is 0 Å². The van der Waals surface area contributed by atoms with Crippen molar-refractivity contribution in [2.45, 2.75) is 57.8 Å². The van der Waals surface area contributed by atoms with E-state index in [1.165, 1.54) is 21.7 Å². The molecule has 1 rings (SSSR count). The van der Waals surface area contributed by atoms with E-state index in [4.69, 9.17) is 4.65 Å². The van der Waals surface area contributed by atoms with Crippen LogP contribution in [0.5, 0.6) is 0 Å². The summed E-state index contributed by atoms with van der Waals surface area (Å²) in [7, 11) is 3.96. The standard InChI is InChI=1S/C20H29BNO7/c1-19(2,26)20(3,4)29-21-14-9-7-13(8-10-14)17(24)22-15(18(25)28-6)11-12-16(23)27-5/h7-10,15,26H,11-12H2,1-6H3,(H,22,24). The second kappa shape index (κ2) is 10.4. The third kappa shape index (κ3) is 7.51. The molecule has 1 aromatic carbocycles. The van der Waals surface area contributed by atoms with Gasteiger partial charge in [-0.1, -0.05) is 17.6 Å². The number of ether oxygens (including phenoxy) is 2. The Morgan fingerprint density at radius 1 is 1.07 bits per heavy atom. The predicted octanol–water partition coefficient (Wildman–Crippen LogP) is 0.722. The number of methoxy groups -OCH3 is 2. The van der Waals surface area contributed by atoms with E-state index in [9.17, 15) is 19.5 Å². The van der Waals surface area contributed by atoms with Crippen LogP contribution in [-0.2, 0) is 23.7 Å². The van der Waals surface area contributed by atoms with Crippen LogP contribution in [-0.4, -0.2) is 61.9 Å². The fourth-order valence-corrected chi connectivity index (χ4v) is 2.07. The van der Waals surface area contributed by atoms with Gasteiger partial charge in [-0.3, -0.25) is 9.59 Å². The number of aliphatic hydroxyl groups is 1. The van der Waals surface area contributed by atoms with Crippen LogP contribution in [0.25, 0.3) is 0 Å². The summed E-state index contributed by atoms with van der Waals surface area (Å²) in [5.41, 5.74) is -0.822. The number of hydrogen-bond acceptors (Lipinski definition) is 7. The van der Waals surface area contributed by atoms with Gasteiger partial charge in [-0.05, 0) is 46.2 Å². The molecule has 0 aliphatic rings. The average molecular weight is 406 g/mol. The molecule has 1 radical (unpaired) electrons. The number of carbonyl (C=O) groups is 3. The third-order valence-electron chi connectivity index (χ3n) is 4.79. The van der Waals surface area contributed by atoms with E-state index >= 15 is 0 Å². The molecule has 159 valence electrons. The summed E-state index contributed by atoms with van der Waals surface area (Å²) in [5.74, 6) is -1.61. The van der Waals surface area contributed by atoms with Crippen LogP contribution in [0, 0.1) is 0 Å². The van der Waals surface area contributed by atoms with E-state index in [-0.39, 0.29) is 12.8 Å². The van der Waals surface area contributed by atoms with Crippen LogP contribution in [0.15, 0.2) is 24.3 Å². The molecule has 9 heteroatoms. The van der Waals surface area contributed by atoms with Gasteiger partial charge in [0, 0.05) is 12.0 Å². The highest BCUT2D eigenvalue weighted by atomic mass is 16.5. The molecule has 0 saturated carbocycles. The number of carbonyl (C=O) groups excluding carboxylic acids is 3. The molecule has 8 nitrogen and oxygen atoms in total. The van der Waals surface area contributed by atoms with Crippen molar-refractivity contribution in [3.05, 3.63) is 29.8 Å². The van der Waals surface area contributed by atoms with Crippen molar-refractivity contribution in [2.24, 2.45) is 0 Å². The Hall–Kier alpha value is -2.39. The topological polar surface area (TPSA) is 111 Å². The summed E-state index contributed by atoms with van der Waals surface area (Å²) in [6.45, 7) is 6.86. The monoisotopic (exact) mass is 406 g/mol. The van der Waals surface area contributed by atoms with E-state index < -0.39 is 35.1 Å². The molecule has 0 bridgehead atoms. The largest absolute Gasteiger partial charge is 0.469 e. The third-order valence-corrected chi connectivity index (χ3v) is 4.79. The van der Waals surface area contributed by atoms with E-state index in [1.807, 2.05) is 0 Å². The zero-order valence-corrected chi connectivity index (χ0v) is 17.8. The van der Waals surface area contributed by atoms with Gasteiger partial charge < -0.3 is 24.6 Å². The normalized spacial score (nSPS) is 12.7. The van der Waals surface area contributed by atoms with Gasteiger partial charge in [0.05, 0.1) is 25.4 Å². The first-order chi connectivity index (χ1) is 13.4. The summed E-state index contributed by atoms with van der Waals surface area (Å²) in [6, 6.07) is 5.55. The molecule has 0 aliphatic carbocycles. The van der Waals surface area contributed by atoms with Gasteiger partial charge >= 0.3 is 19.4 Å². The molecular formula is C20H29BNO7. The molecule has 0 saturated heterocycles. The van der Waals surface area contributed by atoms with E-state index in [0.717, 1.165) is 0 Å². The van der Waals surface area contributed by atoms with E-state index in [2.05, 4.69) is 14.8 Å². The second-order valence-corrected chi connectivity index (χ2v) is 7.59. The molecule has 2 N–H and O–H groups in total. The highest BCUT2D eigenvalue weighted by Crippen LogP contribution is 2.24. The maximum Gasteiger partial charge on any atom is 0.330 e. The van der Waals surface area contributed by atoms with Gasteiger partial charge in [-0.25, -0.2) is 4.79 Å². The summed E-state index contributed by atoms with van der Waals surface area (Å²) >= 11 is 0. The molecule has 0 spiro atoms. The zero-order valence-electron chi connectivity index (χ0n) is 17.8. The summed E-state index contributed by atoms with van der Waals surface area (Å²) in [5, 5.41) is 12.7. The number of amides is 1. The number of benzene rings is 1. The number of nitrogens with one attached hydrogen (secondary N) is 1. The zero-order chi connectivity index (χ0) is 22.2. The first kappa shape index (κ1) is 24.7. The molecule has 0 aliphatic heterocycles. The van der Waals surface area contributed by atoms with Gasteiger partial charge in [0.25, 0.3) is 5.91 Å². The Morgan fingerprint density at radius 3 is 2.14 bits per heavy atom. The molecule has 0 aromatic heterocycles. The highest BCUT2D eigenvalue weighted by Gasteiger charge is 2.35. The van der Waals surface area contributed by atoms with Crippen molar-refractivity contribution in [2.75, 3.05) is 14.2 Å². The minimum absolute atomic E-state index is 0.0290. The number of rotatable bonds is 10. The lowest BCUT2D eigenvalue weighted by Crippen LogP contribution is -2.49. The highest BCUT2D eigenvalue weighted by molar-refractivity contribution is 6.47. The first-order valence-electron chi connectivity index (χ1n) is 9.20. The molecule has 0 heterocycles. The van der Waals surface area contributed by atoms with Crippen LogP contribution in [0.3, 0.4) is 0 Å². The van der Waals surface area contributed by atoms with Crippen molar-refractivity contribution in [1.82, 2.24) is 5.32 Å². The molecule has 29 heavy (non-hydrogen) atoms. The Bertz CT molecular complexity index is 711. The lowest BCUT2D eigenvalue weighted by atomic mass is 9.82. The van der Waals surface area contributed by atoms with E-state index in [1.54, 1.807) is 52.0 Å². The van der Waals surface area contributed by atoms with Gasteiger partial charge in [0.1, 0.15) is 6.04 Å². The maximum atomic E-state index is 12.4. The lowest BCUT2D eigenvalue weighted by molar-refractivity contribution is -0.144. The minimum atomic E-state index is -1.05. The molecule has 1 unspecified atom stereocenters. The summed E-state index contributed by atoms with van der Waals surface area (Å²) < 4.78 is 14.9. The molecule has 1 amide bonds.